The van der Waals surface area contributed by atoms with E-state index in [-0.39, 0.29) is 63.8 Å². The van der Waals surface area contributed by atoms with E-state index < -0.39 is 10.1 Å². The zero-order chi connectivity index (χ0) is 20.8. The summed E-state index contributed by atoms with van der Waals surface area (Å²) in [6.45, 7) is 6.24. The fourth-order valence-electron chi connectivity index (χ4n) is 3.88. The number of halogens is 2. The van der Waals surface area contributed by atoms with Crippen molar-refractivity contribution in [2.75, 3.05) is 0 Å². The van der Waals surface area contributed by atoms with Gasteiger partial charge in [-0.2, -0.15) is 38.3 Å². The van der Waals surface area contributed by atoms with E-state index in [1.165, 1.54) is 27.8 Å². The molecule has 1 aliphatic heterocycles. The van der Waals surface area contributed by atoms with Crippen LogP contribution in [-0.4, -0.2) is 18.6 Å². The SMILES string of the molecule is CC1=C2[C-]=CC=C2C(S(=O)(=O)O)=C1.CC1=[C-]C2=CC(C)P(c3ccccc3)C2=C1.[Cl-].[Cl-].[Zr+4]. The van der Waals surface area contributed by atoms with E-state index >= 15 is 0 Å². The van der Waals surface area contributed by atoms with Gasteiger partial charge in [-0.05, 0) is 11.0 Å². The Morgan fingerprint density at radius 3 is 2.34 bits per heavy atom. The monoisotopic (exact) mass is 580 g/mol. The average molecular weight is 583 g/mol. The Kier molecular flexibility index (Phi) is 10.6. The fraction of sp³-hybridized carbons (Fsp3) is 0.167. The standard InChI is InChI=1S/C15H14P.C9H7O3S.2ClH.Zr/c1-11-8-13-10-12(2)16(15(13)9-11)14-6-4-3-5-7-14;1-6-5-9(13(10,11)12)8-4-2-3-7(6)8;;;/h3-7,9-10,12H,1-2H3;2,4-5H,1H3,(H,10,11,12);2*1H;/q2*-1;;;+4/p-2. The third kappa shape index (κ3) is 5.81. The molecule has 0 spiro atoms. The fourth-order valence-corrected chi connectivity index (χ4v) is 7.36. The topological polar surface area (TPSA) is 54.4 Å². The molecule has 1 heterocycles. The summed E-state index contributed by atoms with van der Waals surface area (Å²) in [7, 11) is -4.28. The number of hydrogen-bond donors (Lipinski definition) is 1. The van der Waals surface area contributed by atoms with Gasteiger partial charge in [0.15, 0.2) is 0 Å². The van der Waals surface area contributed by atoms with Crippen molar-refractivity contribution in [3.63, 3.8) is 0 Å². The van der Waals surface area contributed by atoms with Crippen molar-refractivity contribution in [3.8, 4) is 0 Å². The van der Waals surface area contributed by atoms with Crippen LogP contribution in [0.5, 0.6) is 0 Å². The molecule has 32 heavy (non-hydrogen) atoms. The first-order chi connectivity index (χ1) is 13.8. The molecule has 3 aliphatic carbocycles. The molecule has 3 nitrogen and oxygen atoms in total. The third-order valence-corrected chi connectivity index (χ3v) is 8.70. The van der Waals surface area contributed by atoms with E-state index in [4.69, 9.17) is 4.55 Å². The minimum absolute atomic E-state index is 0. The molecule has 0 saturated heterocycles. The Morgan fingerprint density at radius 2 is 1.72 bits per heavy atom. The van der Waals surface area contributed by atoms with Crippen molar-refractivity contribution in [2.45, 2.75) is 26.4 Å². The second-order valence-corrected chi connectivity index (χ2v) is 11.2. The van der Waals surface area contributed by atoms with E-state index in [9.17, 15) is 8.42 Å². The summed E-state index contributed by atoms with van der Waals surface area (Å²) in [6, 6.07) is 10.9. The summed E-state index contributed by atoms with van der Waals surface area (Å²) < 4.78 is 30.7. The predicted octanol–water partition coefficient (Wildman–Crippen LogP) is -0.838. The van der Waals surface area contributed by atoms with Crippen LogP contribution in [0, 0.1) is 12.2 Å². The Labute approximate surface area is 223 Å². The smallest absolute Gasteiger partial charge is 1.00 e. The summed E-state index contributed by atoms with van der Waals surface area (Å²) in [5.41, 5.74) is 5.39. The van der Waals surface area contributed by atoms with Gasteiger partial charge in [-0.3, -0.25) is 4.55 Å². The molecular weight excluding hydrogens is 561 g/mol. The molecule has 0 aromatic heterocycles. The van der Waals surface area contributed by atoms with Crippen LogP contribution in [-0.2, 0) is 36.3 Å². The molecule has 2 unspecified atom stereocenters. The largest absolute Gasteiger partial charge is 4.00 e. The number of hydrogen-bond acceptors (Lipinski definition) is 2. The second kappa shape index (κ2) is 11.6. The van der Waals surface area contributed by atoms with Gasteiger partial charge in [0, 0.05) is 4.91 Å². The molecule has 1 aromatic carbocycles. The van der Waals surface area contributed by atoms with Gasteiger partial charge >= 0.3 is 26.2 Å². The summed E-state index contributed by atoms with van der Waals surface area (Å²) in [5, 5.41) is 3.00. The van der Waals surface area contributed by atoms with Crippen molar-refractivity contribution < 1.29 is 64.0 Å². The number of allylic oxidation sites excluding steroid dienone is 13. The van der Waals surface area contributed by atoms with E-state index in [1.54, 1.807) is 19.1 Å². The maximum atomic E-state index is 10.9. The Morgan fingerprint density at radius 1 is 1.06 bits per heavy atom. The molecule has 0 amide bonds. The number of benzene rings is 1. The second-order valence-electron chi connectivity index (χ2n) is 7.30. The Balaban J connectivity index is 0.000000298. The first kappa shape index (κ1) is 29.2. The van der Waals surface area contributed by atoms with Gasteiger partial charge in [0.25, 0.3) is 10.1 Å². The Bertz CT molecular complexity index is 1210. The summed E-state index contributed by atoms with van der Waals surface area (Å²) in [4.78, 5) is -0.0266. The van der Waals surface area contributed by atoms with Crippen LogP contribution in [0.15, 0.2) is 98.8 Å². The van der Waals surface area contributed by atoms with Crippen LogP contribution < -0.4 is 30.1 Å². The van der Waals surface area contributed by atoms with Gasteiger partial charge < -0.3 is 24.8 Å². The van der Waals surface area contributed by atoms with E-state index in [1.807, 2.05) is 0 Å². The average Bonchev–Trinajstić information content (AvgIpc) is 3.38. The van der Waals surface area contributed by atoms with Crippen molar-refractivity contribution in [3.05, 3.63) is 111 Å². The first-order valence-electron chi connectivity index (χ1n) is 9.35. The molecule has 0 bridgehead atoms. The van der Waals surface area contributed by atoms with E-state index in [2.05, 4.69) is 68.5 Å². The molecule has 5 rings (SSSR count). The first-order valence-corrected chi connectivity index (χ1v) is 12.2. The molecule has 164 valence electrons. The molecule has 8 heteroatoms. The molecule has 0 fully saturated rings. The van der Waals surface area contributed by atoms with Gasteiger partial charge in [-0.15, -0.1) is 39.8 Å². The maximum Gasteiger partial charge on any atom is 4.00 e. The van der Waals surface area contributed by atoms with Crippen LogP contribution in [0.1, 0.15) is 20.8 Å². The normalized spacial score (nSPS) is 21.9. The minimum atomic E-state index is -4.10. The van der Waals surface area contributed by atoms with Crippen LogP contribution in [0.2, 0.25) is 0 Å². The van der Waals surface area contributed by atoms with E-state index in [0.29, 0.717) is 11.2 Å². The minimum Gasteiger partial charge on any atom is -1.00 e. The molecule has 0 radical (unpaired) electrons. The van der Waals surface area contributed by atoms with Gasteiger partial charge in [0.1, 0.15) is 0 Å². The van der Waals surface area contributed by atoms with Crippen LogP contribution in [0.25, 0.3) is 0 Å². The molecule has 0 saturated carbocycles. The zero-order valence-corrected chi connectivity index (χ0v) is 23.4. The quantitative estimate of drug-likeness (QED) is 0.282. The number of fused-ring (bicyclic) bond motifs is 2. The van der Waals surface area contributed by atoms with Crippen molar-refractivity contribution in [1.82, 2.24) is 0 Å². The van der Waals surface area contributed by atoms with Crippen molar-refractivity contribution >= 4 is 23.3 Å². The zero-order valence-electron chi connectivity index (χ0n) is 17.7. The van der Waals surface area contributed by atoms with Crippen LogP contribution >= 0.6 is 7.92 Å². The molecular formula is C24H21Cl2O3PSZr. The van der Waals surface area contributed by atoms with E-state index in [0.717, 1.165) is 11.1 Å². The maximum absolute atomic E-state index is 10.9. The van der Waals surface area contributed by atoms with Gasteiger partial charge in [-0.25, -0.2) is 0 Å². The van der Waals surface area contributed by atoms with Crippen LogP contribution in [0.3, 0.4) is 0 Å². The Hall–Kier alpha value is -0.797. The predicted molar refractivity (Wildman–Crippen MR) is 119 cm³/mol. The van der Waals surface area contributed by atoms with Crippen molar-refractivity contribution in [2.24, 2.45) is 0 Å². The summed E-state index contributed by atoms with van der Waals surface area (Å²) >= 11 is 0. The molecule has 4 aliphatic rings. The third-order valence-electron chi connectivity index (χ3n) is 5.10. The molecule has 2 atom stereocenters. The summed E-state index contributed by atoms with van der Waals surface area (Å²) in [5.74, 6) is 0. The van der Waals surface area contributed by atoms with Gasteiger partial charge in [0.2, 0.25) is 0 Å². The van der Waals surface area contributed by atoms with Crippen molar-refractivity contribution in [1.29, 1.82) is 0 Å². The summed E-state index contributed by atoms with van der Waals surface area (Å²) in [6.07, 6.45) is 15.8. The molecule has 1 aromatic rings. The van der Waals surface area contributed by atoms with Gasteiger partial charge in [-0.1, -0.05) is 65.1 Å². The van der Waals surface area contributed by atoms with Crippen LogP contribution in [0.4, 0.5) is 0 Å². The van der Waals surface area contributed by atoms with Gasteiger partial charge in [0.05, 0.1) is 0 Å². The number of rotatable bonds is 2. The molecule has 1 N–H and O–H groups in total.